The summed E-state index contributed by atoms with van der Waals surface area (Å²) in [5, 5.41) is 0. The maximum atomic E-state index is 12.5. The molecule has 0 N–H and O–H groups in total. The molecule has 0 unspecified atom stereocenters. The van der Waals surface area contributed by atoms with E-state index < -0.39 is 36.2 Å². The maximum Gasteiger partial charge on any atom is 0.341 e. The fraction of sp³-hybridized carbons (Fsp3) is 0.409. The lowest BCUT2D eigenvalue weighted by atomic mass is 9.85. The van der Waals surface area contributed by atoms with E-state index in [4.69, 9.17) is 18.6 Å². The lowest BCUT2D eigenvalue weighted by molar-refractivity contribution is -0.144. The number of ether oxygens (including phenoxy) is 3. The molecule has 0 radical (unpaired) electrons. The van der Waals surface area contributed by atoms with Crippen LogP contribution in [0.2, 0.25) is 0 Å². The van der Waals surface area contributed by atoms with E-state index in [1.54, 1.807) is 6.08 Å². The zero-order chi connectivity index (χ0) is 21.1. The highest BCUT2D eigenvalue weighted by Crippen LogP contribution is 2.36. The summed E-state index contributed by atoms with van der Waals surface area (Å²) in [6.07, 6.45) is 5.49. The highest BCUT2D eigenvalue weighted by Gasteiger charge is 2.44. The Morgan fingerprint density at radius 1 is 1.24 bits per heavy atom. The Balaban J connectivity index is 1.95. The van der Waals surface area contributed by atoms with E-state index in [9.17, 15) is 14.4 Å². The van der Waals surface area contributed by atoms with E-state index in [-0.39, 0.29) is 17.1 Å². The van der Waals surface area contributed by atoms with Crippen molar-refractivity contribution in [2.75, 3.05) is 0 Å². The van der Waals surface area contributed by atoms with E-state index in [1.807, 2.05) is 19.9 Å². The van der Waals surface area contributed by atoms with Crippen LogP contribution >= 0.6 is 0 Å². The van der Waals surface area contributed by atoms with Gasteiger partial charge in [0.05, 0.1) is 17.7 Å². The summed E-state index contributed by atoms with van der Waals surface area (Å²) in [5.41, 5.74) is 2.23. The fourth-order valence-corrected chi connectivity index (χ4v) is 3.61. The Bertz CT molecular complexity index is 875. The zero-order valence-electron chi connectivity index (χ0n) is 16.7. The van der Waals surface area contributed by atoms with Crippen LogP contribution in [0.15, 0.2) is 58.5 Å². The van der Waals surface area contributed by atoms with Crippen molar-refractivity contribution in [1.29, 1.82) is 0 Å². The minimum atomic E-state index is -0.666. The molecule has 1 fully saturated rings. The predicted octanol–water partition coefficient (Wildman–Crippen LogP) is 3.52. The molecule has 1 aromatic rings. The first-order valence-corrected chi connectivity index (χ1v) is 9.40. The van der Waals surface area contributed by atoms with Gasteiger partial charge in [0.25, 0.3) is 0 Å². The molecule has 1 aliphatic carbocycles. The SMILES string of the molecule is C=C1C(=O)O[C@@H]2/C=C(/C)[C@@H](OC(C)=O)C/C=C(\C)C[C@@H](OC(=O)c3ccoc3)[C@@H]12. The van der Waals surface area contributed by atoms with Crippen molar-refractivity contribution < 1.29 is 33.0 Å². The van der Waals surface area contributed by atoms with Gasteiger partial charge in [-0.25, -0.2) is 9.59 Å². The summed E-state index contributed by atoms with van der Waals surface area (Å²) in [7, 11) is 0. The van der Waals surface area contributed by atoms with Gasteiger partial charge in [0.15, 0.2) is 0 Å². The summed E-state index contributed by atoms with van der Waals surface area (Å²) in [6, 6.07) is 1.52. The van der Waals surface area contributed by atoms with Crippen LogP contribution in [0.4, 0.5) is 0 Å². The molecule has 29 heavy (non-hydrogen) atoms. The zero-order valence-corrected chi connectivity index (χ0v) is 16.7. The van der Waals surface area contributed by atoms with Gasteiger partial charge in [-0.15, -0.1) is 0 Å². The van der Waals surface area contributed by atoms with Crippen LogP contribution in [0.1, 0.15) is 44.0 Å². The van der Waals surface area contributed by atoms with Crippen molar-refractivity contribution in [1.82, 2.24) is 0 Å². The number of carbonyl (C=O) groups excluding carboxylic acids is 3. The summed E-state index contributed by atoms with van der Waals surface area (Å²) < 4.78 is 21.6. The molecule has 0 aromatic carbocycles. The molecule has 2 aliphatic rings. The molecule has 1 saturated heterocycles. The van der Waals surface area contributed by atoms with Crippen LogP contribution in [0.25, 0.3) is 0 Å². The molecule has 7 nitrogen and oxygen atoms in total. The molecular formula is C22H24O7. The molecule has 0 saturated carbocycles. The van der Waals surface area contributed by atoms with Gasteiger partial charge in [-0.2, -0.15) is 0 Å². The van der Waals surface area contributed by atoms with Gasteiger partial charge in [-0.1, -0.05) is 18.2 Å². The van der Waals surface area contributed by atoms with Gasteiger partial charge in [0, 0.05) is 25.3 Å². The van der Waals surface area contributed by atoms with Gasteiger partial charge < -0.3 is 18.6 Å². The topological polar surface area (TPSA) is 92.0 Å². The van der Waals surface area contributed by atoms with Crippen molar-refractivity contribution in [3.8, 4) is 0 Å². The van der Waals surface area contributed by atoms with E-state index in [0.717, 1.165) is 11.1 Å². The third kappa shape index (κ3) is 4.67. The first-order valence-electron chi connectivity index (χ1n) is 9.40. The highest BCUT2D eigenvalue weighted by molar-refractivity contribution is 5.92. The molecular weight excluding hydrogens is 376 g/mol. The molecule has 0 bridgehead atoms. The Hall–Kier alpha value is -3.09. The molecule has 1 aromatic heterocycles. The molecule has 0 amide bonds. The lowest BCUT2D eigenvalue weighted by Crippen LogP contribution is -2.34. The van der Waals surface area contributed by atoms with Crippen LogP contribution in [0.5, 0.6) is 0 Å². The quantitative estimate of drug-likeness (QED) is 0.332. The fourth-order valence-electron chi connectivity index (χ4n) is 3.61. The Morgan fingerprint density at radius 3 is 2.66 bits per heavy atom. The van der Waals surface area contributed by atoms with Crippen LogP contribution in [-0.2, 0) is 23.8 Å². The summed E-state index contributed by atoms with van der Waals surface area (Å²) in [5.74, 6) is -2.01. The largest absolute Gasteiger partial charge is 0.472 e. The van der Waals surface area contributed by atoms with Gasteiger partial charge in [-0.05, 0) is 31.6 Å². The van der Waals surface area contributed by atoms with E-state index in [0.29, 0.717) is 12.8 Å². The van der Waals surface area contributed by atoms with E-state index >= 15 is 0 Å². The van der Waals surface area contributed by atoms with E-state index in [2.05, 4.69) is 6.58 Å². The normalized spacial score (nSPS) is 30.9. The summed E-state index contributed by atoms with van der Waals surface area (Å²) in [6.45, 7) is 8.94. The van der Waals surface area contributed by atoms with Crippen molar-refractivity contribution in [2.45, 2.75) is 51.9 Å². The Labute approximate surface area is 169 Å². The molecule has 4 atom stereocenters. The minimum Gasteiger partial charge on any atom is -0.472 e. The average molecular weight is 400 g/mol. The van der Waals surface area contributed by atoms with Crippen LogP contribution < -0.4 is 0 Å². The Morgan fingerprint density at radius 2 is 2.00 bits per heavy atom. The Kier molecular flexibility index (Phi) is 6.06. The summed E-state index contributed by atoms with van der Waals surface area (Å²) in [4.78, 5) is 36.2. The molecule has 3 rings (SSSR count). The molecule has 1 aliphatic heterocycles. The predicted molar refractivity (Wildman–Crippen MR) is 103 cm³/mol. The first kappa shape index (κ1) is 20.6. The number of carbonyl (C=O) groups is 3. The molecule has 0 spiro atoms. The second-order valence-corrected chi connectivity index (χ2v) is 7.38. The van der Waals surface area contributed by atoms with E-state index in [1.165, 1.54) is 25.5 Å². The monoisotopic (exact) mass is 400 g/mol. The third-order valence-electron chi connectivity index (χ3n) is 5.12. The number of hydrogen-bond donors (Lipinski definition) is 0. The standard InChI is InChI=1S/C22H24O7/c1-12-5-6-17(27-15(4)23)13(2)10-19-20(14(3)21(24)28-19)18(9-12)29-22(25)16-7-8-26-11-16/h5,7-8,10-11,17-20H,3,6,9H2,1-2,4H3/b12-5+,13-10-/t17-,18+,19+,20+/m0/s1. The number of hydrogen-bond acceptors (Lipinski definition) is 7. The molecule has 154 valence electrons. The van der Waals surface area contributed by atoms with Crippen molar-refractivity contribution in [3.63, 3.8) is 0 Å². The second-order valence-electron chi connectivity index (χ2n) is 7.38. The number of fused-ring (bicyclic) bond motifs is 1. The smallest absolute Gasteiger partial charge is 0.341 e. The van der Waals surface area contributed by atoms with Crippen molar-refractivity contribution >= 4 is 17.9 Å². The number of rotatable bonds is 3. The molecule has 7 heteroatoms. The first-order chi connectivity index (χ1) is 13.8. The van der Waals surface area contributed by atoms with Crippen molar-refractivity contribution in [3.05, 3.63) is 59.6 Å². The average Bonchev–Trinajstić information content (AvgIpc) is 3.26. The number of esters is 3. The van der Waals surface area contributed by atoms with Crippen LogP contribution in [0, 0.1) is 5.92 Å². The second kappa shape index (κ2) is 8.51. The van der Waals surface area contributed by atoms with Gasteiger partial charge >= 0.3 is 17.9 Å². The summed E-state index contributed by atoms with van der Waals surface area (Å²) >= 11 is 0. The maximum absolute atomic E-state index is 12.5. The van der Waals surface area contributed by atoms with Crippen LogP contribution in [0.3, 0.4) is 0 Å². The lowest BCUT2D eigenvalue weighted by Gasteiger charge is -2.28. The number of furan rings is 1. The van der Waals surface area contributed by atoms with Gasteiger partial charge in [0.2, 0.25) is 0 Å². The highest BCUT2D eigenvalue weighted by atomic mass is 16.6. The molecule has 2 heterocycles. The van der Waals surface area contributed by atoms with Gasteiger partial charge in [-0.3, -0.25) is 4.79 Å². The van der Waals surface area contributed by atoms with Gasteiger partial charge in [0.1, 0.15) is 24.6 Å². The van der Waals surface area contributed by atoms with Crippen molar-refractivity contribution in [2.24, 2.45) is 5.92 Å². The third-order valence-corrected chi connectivity index (χ3v) is 5.12. The minimum absolute atomic E-state index is 0.251. The van der Waals surface area contributed by atoms with Crippen LogP contribution in [-0.4, -0.2) is 36.2 Å².